The van der Waals surface area contributed by atoms with Crippen molar-refractivity contribution in [2.24, 2.45) is 0 Å². The first kappa shape index (κ1) is 12.4. The van der Waals surface area contributed by atoms with E-state index in [0.29, 0.717) is 0 Å². The highest BCUT2D eigenvalue weighted by Gasteiger charge is 2.41. The van der Waals surface area contributed by atoms with Gasteiger partial charge < -0.3 is 4.90 Å². The summed E-state index contributed by atoms with van der Waals surface area (Å²) in [6, 6.07) is 10.5. The van der Waals surface area contributed by atoms with Gasteiger partial charge in [0.1, 0.15) is 0 Å². The third-order valence-corrected chi connectivity index (χ3v) is 3.88. The van der Waals surface area contributed by atoms with E-state index in [9.17, 15) is 0 Å². The minimum atomic E-state index is 0.753. The molecule has 0 spiro atoms. The van der Waals surface area contributed by atoms with Gasteiger partial charge >= 0.3 is 0 Å². The first-order valence-electron chi connectivity index (χ1n) is 6.77. The van der Waals surface area contributed by atoms with Crippen molar-refractivity contribution >= 4 is 5.69 Å². The fourth-order valence-corrected chi connectivity index (χ4v) is 2.92. The first-order chi connectivity index (χ1) is 8.24. The van der Waals surface area contributed by atoms with Crippen LogP contribution in [0.2, 0.25) is 0 Å². The van der Waals surface area contributed by atoms with Crippen molar-refractivity contribution in [1.29, 1.82) is 0 Å². The van der Waals surface area contributed by atoms with E-state index in [0.717, 1.165) is 12.1 Å². The number of anilines is 1. The lowest BCUT2D eigenvalue weighted by molar-refractivity contribution is 0.292. The van der Waals surface area contributed by atoms with Crippen molar-refractivity contribution in [3.63, 3.8) is 0 Å². The summed E-state index contributed by atoms with van der Waals surface area (Å²) in [5, 5.41) is 0. The lowest BCUT2D eigenvalue weighted by Crippen LogP contribution is -2.44. The molecule has 2 heterocycles. The van der Waals surface area contributed by atoms with Crippen LogP contribution in [0.1, 0.15) is 25.8 Å². The molecule has 2 atom stereocenters. The van der Waals surface area contributed by atoms with Gasteiger partial charge in [-0.2, -0.15) is 0 Å². The van der Waals surface area contributed by atoms with Gasteiger partial charge in [0.2, 0.25) is 0 Å². The highest BCUT2D eigenvalue weighted by molar-refractivity contribution is 5.50. The Morgan fingerprint density at radius 1 is 1.00 bits per heavy atom. The molecule has 0 amide bonds. The van der Waals surface area contributed by atoms with Crippen LogP contribution in [-0.4, -0.2) is 37.1 Å². The smallest absolute Gasteiger partial charge is 0.0433 e. The van der Waals surface area contributed by atoms with E-state index in [2.05, 4.69) is 48.0 Å². The topological polar surface area (TPSA) is 6.48 Å². The molecule has 2 unspecified atom stereocenters. The number of fused-ring (bicyclic) bond motifs is 2. The van der Waals surface area contributed by atoms with E-state index in [-0.39, 0.29) is 0 Å². The van der Waals surface area contributed by atoms with Gasteiger partial charge in [0.25, 0.3) is 0 Å². The van der Waals surface area contributed by atoms with Crippen LogP contribution in [-0.2, 0) is 0 Å². The molecule has 2 heteroatoms. The number of benzene rings is 1. The molecule has 94 valence electrons. The van der Waals surface area contributed by atoms with Crippen LogP contribution in [0.25, 0.3) is 0 Å². The maximum absolute atomic E-state index is 2.57. The first-order valence-corrected chi connectivity index (χ1v) is 6.77. The summed E-state index contributed by atoms with van der Waals surface area (Å²) in [4.78, 5) is 5.07. The Kier molecular flexibility index (Phi) is 3.72. The van der Waals surface area contributed by atoms with Crippen LogP contribution in [0, 0.1) is 6.92 Å². The van der Waals surface area contributed by atoms with Crippen molar-refractivity contribution in [2.45, 2.75) is 39.3 Å². The fourth-order valence-electron chi connectivity index (χ4n) is 2.92. The number of rotatable bonds is 1. The van der Waals surface area contributed by atoms with Crippen LogP contribution in [0.4, 0.5) is 5.69 Å². The van der Waals surface area contributed by atoms with Crippen LogP contribution >= 0.6 is 0 Å². The van der Waals surface area contributed by atoms with Gasteiger partial charge in [0.15, 0.2) is 0 Å². The summed E-state index contributed by atoms with van der Waals surface area (Å²) in [6.07, 6.45) is 1.35. The van der Waals surface area contributed by atoms with E-state index in [1.807, 2.05) is 13.8 Å². The molecule has 2 saturated heterocycles. The third kappa shape index (κ3) is 2.32. The molecular weight excluding hydrogens is 208 g/mol. The van der Waals surface area contributed by atoms with Crippen molar-refractivity contribution in [1.82, 2.24) is 4.90 Å². The number of hydrogen-bond acceptors (Lipinski definition) is 2. The summed E-state index contributed by atoms with van der Waals surface area (Å²) in [7, 11) is 2.25. The zero-order valence-electron chi connectivity index (χ0n) is 11.5. The molecule has 1 aromatic rings. The summed E-state index contributed by atoms with van der Waals surface area (Å²) in [6.45, 7) is 8.59. The molecule has 2 fully saturated rings. The molecule has 0 aromatic heterocycles. The number of likely N-dealkylation sites (tertiary alicyclic amines) is 1. The van der Waals surface area contributed by atoms with Crippen LogP contribution in [0.5, 0.6) is 0 Å². The molecule has 2 aliphatic heterocycles. The molecule has 2 aliphatic rings. The monoisotopic (exact) mass is 232 g/mol. The van der Waals surface area contributed by atoms with E-state index < -0.39 is 0 Å². The second-order valence-corrected chi connectivity index (χ2v) is 4.97. The molecule has 0 aliphatic carbocycles. The Labute approximate surface area is 105 Å². The second kappa shape index (κ2) is 5.09. The SMILES string of the molecule is CC.Cc1ccc(N2CC3CC2CN3C)cc1. The fraction of sp³-hybridized carbons (Fsp3) is 0.600. The van der Waals surface area contributed by atoms with Gasteiger partial charge in [-0.05, 0) is 32.5 Å². The molecule has 17 heavy (non-hydrogen) atoms. The lowest BCUT2D eigenvalue weighted by Gasteiger charge is -2.33. The molecule has 1 aromatic carbocycles. The Hall–Kier alpha value is -1.02. The maximum Gasteiger partial charge on any atom is 0.0433 e. The standard InChI is InChI=1S/C13H18N2.C2H6/c1-10-3-5-11(6-4-10)15-9-12-7-13(15)8-14(12)2;1-2/h3-6,12-13H,7-9H2,1-2H3;1-2H3. The number of piperazine rings is 1. The second-order valence-electron chi connectivity index (χ2n) is 4.97. The van der Waals surface area contributed by atoms with Crippen molar-refractivity contribution < 1.29 is 0 Å². The average molecular weight is 232 g/mol. The maximum atomic E-state index is 2.57. The highest BCUT2D eigenvalue weighted by atomic mass is 15.3. The molecule has 2 bridgehead atoms. The molecule has 0 N–H and O–H groups in total. The Bertz CT molecular complexity index is 356. The minimum Gasteiger partial charge on any atom is -0.366 e. The Balaban J connectivity index is 0.000000514. The number of nitrogens with zero attached hydrogens (tertiary/aromatic N) is 2. The van der Waals surface area contributed by atoms with E-state index in [1.54, 1.807) is 0 Å². The number of hydrogen-bond donors (Lipinski definition) is 0. The van der Waals surface area contributed by atoms with Crippen molar-refractivity contribution in [3.05, 3.63) is 29.8 Å². The molecule has 0 radical (unpaired) electrons. The van der Waals surface area contributed by atoms with Gasteiger partial charge in [-0.15, -0.1) is 0 Å². The van der Waals surface area contributed by atoms with Gasteiger partial charge in [-0.1, -0.05) is 31.5 Å². The summed E-state index contributed by atoms with van der Waals surface area (Å²) in [5.41, 5.74) is 2.75. The Morgan fingerprint density at radius 3 is 2.12 bits per heavy atom. The van der Waals surface area contributed by atoms with Crippen LogP contribution in [0.3, 0.4) is 0 Å². The summed E-state index contributed by atoms with van der Waals surface area (Å²) < 4.78 is 0. The summed E-state index contributed by atoms with van der Waals surface area (Å²) >= 11 is 0. The normalized spacial score (nSPS) is 26.9. The number of aryl methyl sites for hydroxylation is 1. The molecule has 3 rings (SSSR count). The van der Waals surface area contributed by atoms with E-state index in [4.69, 9.17) is 0 Å². The van der Waals surface area contributed by atoms with Crippen LogP contribution < -0.4 is 4.90 Å². The summed E-state index contributed by atoms with van der Waals surface area (Å²) in [5.74, 6) is 0. The van der Waals surface area contributed by atoms with Gasteiger partial charge in [-0.3, -0.25) is 4.90 Å². The van der Waals surface area contributed by atoms with Gasteiger partial charge in [0, 0.05) is 30.9 Å². The lowest BCUT2D eigenvalue weighted by atomic mass is 10.2. The Morgan fingerprint density at radius 2 is 1.65 bits per heavy atom. The van der Waals surface area contributed by atoms with E-state index >= 15 is 0 Å². The zero-order chi connectivity index (χ0) is 12.4. The number of likely N-dealkylation sites (N-methyl/N-ethyl adjacent to an activating group) is 1. The predicted octanol–water partition coefficient (Wildman–Crippen LogP) is 2.91. The average Bonchev–Trinajstić information content (AvgIpc) is 2.91. The minimum absolute atomic E-state index is 0.753. The van der Waals surface area contributed by atoms with Crippen LogP contribution in [0.15, 0.2) is 24.3 Å². The van der Waals surface area contributed by atoms with Gasteiger partial charge in [-0.25, -0.2) is 0 Å². The highest BCUT2D eigenvalue weighted by Crippen LogP contribution is 2.33. The largest absolute Gasteiger partial charge is 0.366 e. The quantitative estimate of drug-likeness (QED) is 0.734. The molecule has 0 saturated carbocycles. The van der Waals surface area contributed by atoms with Crippen molar-refractivity contribution in [2.75, 3.05) is 25.0 Å². The van der Waals surface area contributed by atoms with E-state index in [1.165, 1.54) is 30.8 Å². The molecule has 2 nitrogen and oxygen atoms in total. The van der Waals surface area contributed by atoms with Crippen molar-refractivity contribution in [3.8, 4) is 0 Å². The third-order valence-electron chi connectivity index (χ3n) is 3.88. The zero-order valence-corrected chi connectivity index (χ0v) is 11.5. The predicted molar refractivity (Wildman–Crippen MR) is 74.7 cm³/mol. The van der Waals surface area contributed by atoms with Gasteiger partial charge in [0.05, 0.1) is 0 Å². The molecular formula is C15H24N2.